The summed E-state index contributed by atoms with van der Waals surface area (Å²) in [5, 5.41) is 12.2. The van der Waals surface area contributed by atoms with Crippen LogP contribution in [0.3, 0.4) is 0 Å². The Balaban J connectivity index is 1.73. The second-order valence-corrected chi connectivity index (χ2v) is 9.22. The third kappa shape index (κ3) is 3.78. The standard InChI is InChI=1S/C24H13Cl2FN2O3S/c25-14-5-1-12(2-6-14)20-19(21(30)13-3-7-15(26)8-4-13)22(31)23(32)29(20)24-28-17-10-9-16(27)11-18(17)33-24/h1-11,20,30H/t20-/m0/s1. The molecule has 1 aliphatic rings. The molecule has 0 aliphatic carbocycles. The van der Waals surface area contributed by atoms with Gasteiger partial charge in [0.2, 0.25) is 0 Å². The van der Waals surface area contributed by atoms with Gasteiger partial charge in [0.05, 0.1) is 21.8 Å². The molecule has 5 rings (SSSR count). The number of anilines is 1. The van der Waals surface area contributed by atoms with Gasteiger partial charge in [0.1, 0.15) is 11.6 Å². The summed E-state index contributed by atoms with van der Waals surface area (Å²) in [5.41, 5.74) is 1.29. The van der Waals surface area contributed by atoms with Crippen molar-refractivity contribution >= 4 is 67.3 Å². The number of ketones is 1. The van der Waals surface area contributed by atoms with E-state index in [0.717, 1.165) is 11.3 Å². The molecule has 1 amide bonds. The van der Waals surface area contributed by atoms with Gasteiger partial charge in [-0.15, -0.1) is 0 Å². The highest BCUT2D eigenvalue weighted by Gasteiger charge is 2.48. The van der Waals surface area contributed by atoms with E-state index in [-0.39, 0.29) is 16.5 Å². The summed E-state index contributed by atoms with van der Waals surface area (Å²) in [6.07, 6.45) is 0. The van der Waals surface area contributed by atoms with Crippen molar-refractivity contribution in [2.75, 3.05) is 4.90 Å². The molecule has 9 heteroatoms. The van der Waals surface area contributed by atoms with Gasteiger partial charge in [-0.2, -0.15) is 0 Å². The average Bonchev–Trinajstić information content (AvgIpc) is 3.32. The molecule has 0 bridgehead atoms. The number of Topliss-reactive ketones (excluding diaryl/α,β-unsaturated/α-hetero) is 1. The molecule has 1 saturated heterocycles. The first-order valence-corrected chi connectivity index (χ1v) is 11.3. The van der Waals surface area contributed by atoms with E-state index in [4.69, 9.17) is 23.2 Å². The Morgan fingerprint density at radius 3 is 2.27 bits per heavy atom. The van der Waals surface area contributed by atoms with Crippen LogP contribution in [0.5, 0.6) is 0 Å². The quantitative estimate of drug-likeness (QED) is 0.202. The van der Waals surface area contributed by atoms with Crippen molar-refractivity contribution in [3.8, 4) is 0 Å². The Kier molecular flexibility index (Phi) is 5.40. The van der Waals surface area contributed by atoms with E-state index in [9.17, 15) is 19.1 Å². The number of halogens is 3. The second kappa shape index (κ2) is 8.26. The zero-order valence-corrected chi connectivity index (χ0v) is 19.0. The number of aliphatic hydroxyl groups is 1. The van der Waals surface area contributed by atoms with Gasteiger partial charge in [-0.25, -0.2) is 9.37 Å². The average molecular weight is 499 g/mol. The molecule has 164 valence electrons. The molecule has 4 aromatic rings. The number of rotatable bonds is 3. The van der Waals surface area contributed by atoms with Crippen LogP contribution in [0.2, 0.25) is 10.0 Å². The third-order valence-electron chi connectivity index (χ3n) is 5.29. The maximum atomic E-state index is 13.7. The Labute approximate surface area is 201 Å². The van der Waals surface area contributed by atoms with Crippen LogP contribution in [0.1, 0.15) is 17.2 Å². The van der Waals surface area contributed by atoms with E-state index < -0.39 is 23.5 Å². The predicted molar refractivity (Wildman–Crippen MR) is 127 cm³/mol. The van der Waals surface area contributed by atoms with E-state index in [1.165, 1.54) is 23.1 Å². The van der Waals surface area contributed by atoms with Crippen LogP contribution >= 0.6 is 34.5 Å². The summed E-state index contributed by atoms with van der Waals surface area (Å²) in [5.74, 6) is -2.46. The van der Waals surface area contributed by atoms with Crippen LogP contribution in [0.25, 0.3) is 16.0 Å². The predicted octanol–water partition coefficient (Wildman–Crippen LogP) is 6.37. The molecule has 2 heterocycles. The first kappa shape index (κ1) is 21.6. The van der Waals surface area contributed by atoms with Crippen molar-refractivity contribution in [1.29, 1.82) is 0 Å². The summed E-state index contributed by atoms with van der Waals surface area (Å²) >= 11 is 13.1. The number of carbonyl (C=O) groups is 2. The van der Waals surface area contributed by atoms with Crippen LogP contribution in [0.15, 0.2) is 72.3 Å². The van der Waals surface area contributed by atoms with Crippen molar-refractivity contribution in [2.45, 2.75) is 6.04 Å². The fourth-order valence-electron chi connectivity index (χ4n) is 3.74. The lowest BCUT2D eigenvalue weighted by Crippen LogP contribution is -2.29. The third-order valence-corrected chi connectivity index (χ3v) is 6.81. The molecule has 33 heavy (non-hydrogen) atoms. The van der Waals surface area contributed by atoms with Gasteiger partial charge in [0, 0.05) is 15.6 Å². The Morgan fingerprint density at radius 1 is 0.970 bits per heavy atom. The molecular weight excluding hydrogens is 486 g/mol. The molecule has 5 nitrogen and oxygen atoms in total. The van der Waals surface area contributed by atoms with Crippen molar-refractivity contribution in [3.63, 3.8) is 0 Å². The van der Waals surface area contributed by atoms with Crippen LogP contribution < -0.4 is 4.90 Å². The second-order valence-electron chi connectivity index (χ2n) is 7.34. The minimum absolute atomic E-state index is 0.0879. The number of aromatic nitrogens is 1. The number of thiazole rings is 1. The number of benzene rings is 3. The number of fused-ring (bicyclic) bond motifs is 1. The first-order valence-electron chi connectivity index (χ1n) is 9.72. The van der Waals surface area contributed by atoms with Gasteiger partial charge < -0.3 is 5.11 Å². The van der Waals surface area contributed by atoms with Crippen LogP contribution in [0.4, 0.5) is 9.52 Å². The van der Waals surface area contributed by atoms with Gasteiger partial charge >= 0.3 is 5.91 Å². The van der Waals surface area contributed by atoms with Gasteiger partial charge in [-0.3, -0.25) is 14.5 Å². The number of carbonyl (C=O) groups excluding carboxylic acids is 2. The Bertz CT molecular complexity index is 1450. The van der Waals surface area contributed by atoms with Gasteiger partial charge in [0.25, 0.3) is 5.78 Å². The Hall–Kier alpha value is -3.26. The summed E-state index contributed by atoms with van der Waals surface area (Å²) in [6.45, 7) is 0. The Morgan fingerprint density at radius 2 is 1.61 bits per heavy atom. The number of hydrogen-bond acceptors (Lipinski definition) is 5. The first-order chi connectivity index (χ1) is 15.8. The monoisotopic (exact) mass is 498 g/mol. The van der Waals surface area contributed by atoms with Gasteiger partial charge in [-0.1, -0.05) is 46.7 Å². The minimum atomic E-state index is -0.955. The zero-order valence-electron chi connectivity index (χ0n) is 16.6. The molecule has 1 atom stereocenters. The summed E-state index contributed by atoms with van der Waals surface area (Å²) in [6, 6.07) is 16.0. The molecule has 0 unspecified atom stereocenters. The van der Waals surface area contributed by atoms with Gasteiger partial charge in [0.15, 0.2) is 5.13 Å². The zero-order chi connectivity index (χ0) is 23.3. The van der Waals surface area contributed by atoms with E-state index in [0.29, 0.717) is 31.4 Å². The molecule has 1 N–H and O–H groups in total. The van der Waals surface area contributed by atoms with Crippen LogP contribution in [-0.2, 0) is 9.59 Å². The summed E-state index contributed by atoms with van der Waals surface area (Å²) < 4.78 is 14.2. The van der Waals surface area contributed by atoms with E-state index in [2.05, 4.69) is 4.98 Å². The summed E-state index contributed by atoms with van der Waals surface area (Å²) in [4.78, 5) is 32.0. The van der Waals surface area contributed by atoms with Crippen molar-refractivity contribution in [1.82, 2.24) is 4.98 Å². The highest BCUT2D eigenvalue weighted by molar-refractivity contribution is 7.22. The number of amides is 1. The molecule has 1 fully saturated rings. The molecule has 0 saturated carbocycles. The molecule has 0 radical (unpaired) electrons. The largest absolute Gasteiger partial charge is 0.507 e. The lowest BCUT2D eigenvalue weighted by atomic mass is 9.95. The maximum absolute atomic E-state index is 13.7. The molecule has 0 spiro atoms. The molecule has 1 aromatic heterocycles. The normalized spacial score (nSPS) is 17.8. The van der Waals surface area contributed by atoms with E-state index in [1.807, 2.05) is 0 Å². The van der Waals surface area contributed by atoms with Crippen molar-refractivity contribution in [3.05, 3.63) is 99.3 Å². The fraction of sp³-hybridized carbons (Fsp3) is 0.0417. The molecule has 3 aromatic carbocycles. The van der Waals surface area contributed by atoms with Crippen molar-refractivity contribution in [2.24, 2.45) is 0 Å². The molecular formula is C24H13Cl2FN2O3S. The van der Waals surface area contributed by atoms with Crippen molar-refractivity contribution < 1.29 is 19.1 Å². The number of hydrogen-bond donors (Lipinski definition) is 1. The van der Waals surface area contributed by atoms with Crippen LogP contribution in [0, 0.1) is 5.82 Å². The lowest BCUT2D eigenvalue weighted by molar-refractivity contribution is -0.132. The van der Waals surface area contributed by atoms with E-state index >= 15 is 0 Å². The van der Waals surface area contributed by atoms with Crippen LogP contribution in [-0.4, -0.2) is 21.8 Å². The number of nitrogens with zero attached hydrogens (tertiary/aromatic N) is 2. The lowest BCUT2D eigenvalue weighted by Gasteiger charge is -2.23. The summed E-state index contributed by atoms with van der Waals surface area (Å²) in [7, 11) is 0. The van der Waals surface area contributed by atoms with E-state index in [1.54, 1.807) is 48.5 Å². The highest BCUT2D eigenvalue weighted by atomic mass is 35.5. The minimum Gasteiger partial charge on any atom is -0.507 e. The smallest absolute Gasteiger partial charge is 0.301 e. The molecule has 1 aliphatic heterocycles. The maximum Gasteiger partial charge on any atom is 0.301 e. The highest BCUT2D eigenvalue weighted by Crippen LogP contribution is 2.44. The fourth-order valence-corrected chi connectivity index (χ4v) is 5.01. The number of aliphatic hydroxyl groups excluding tert-OH is 1. The topological polar surface area (TPSA) is 70.5 Å². The SMILES string of the molecule is O=C1C(=O)N(c2nc3ccc(F)cc3s2)[C@@H](c2ccc(Cl)cc2)C1=C(O)c1ccc(Cl)cc1. The van der Waals surface area contributed by atoms with Gasteiger partial charge in [-0.05, 0) is 60.2 Å².